The van der Waals surface area contributed by atoms with Gasteiger partial charge in [0.05, 0.1) is 6.54 Å². The van der Waals surface area contributed by atoms with Crippen LogP contribution in [0.25, 0.3) is 0 Å². The van der Waals surface area contributed by atoms with Gasteiger partial charge in [-0.2, -0.15) is 0 Å². The van der Waals surface area contributed by atoms with Crippen LogP contribution in [0.15, 0.2) is 46.9 Å². The molecule has 1 amide bonds. The fourth-order valence-corrected chi connectivity index (χ4v) is 2.29. The first-order valence-corrected chi connectivity index (χ1v) is 7.76. The van der Waals surface area contributed by atoms with E-state index in [0.717, 1.165) is 22.3 Å². The lowest BCUT2D eigenvalue weighted by atomic mass is 10.1. The van der Waals surface area contributed by atoms with Gasteiger partial charge < -0.3 is 10.6 Å². The molecule has 0 bridgehead atoms. The van der Waals surface area contributed by atoms with Crippen LogP contribution in [0.4, 0.5) is 11.4 Å². The lowest BCUT2D eigenvalue weighted by Gasteiger charge is -2.09. The Morgan fingerprint density at radius 1 is 1.10 bits per heavy atom. The Kier molecular flexibility index (Phi) is 5.39. The molecule has 3 nitrogen and oxygen atoms in total. The zero-order valence-corrected chi connectivity index (χ0v) is 13.8. The third-order valence-corrected chi connectivity index (χ3v) is 4.13. The third-order valence-electron chi connectivity index (χ3n) is 3.27. The van der Waals surface area contributed by atoms with Crippen LogP contribution in [0.3, 0.4) is 0 Å². The number of hydrogen-bond acceptors (Lipinski definition) is 2. The molecule has 2 N–H and O–H groups in total. The third kappa shape index (κ3) is 4.60. The number of amides is 1. The summed E-state index contributed by atoms with van der Waals surface area (Å²) in [5, 5.41) is 5.99. The number of nitrogens with one attached hydrogen (secondary N) is 2. The first kappa shape index (κ1) is 15.6. The molecule has 0 spiro atoms. The maximum atomic E-state index is 11.9. The van der Waals surface area contributed by atoms with E-state index in [4.69, 9.17) is 0 Å². The average molecular weight is 347 g/mol. The fraction of sp³-hybridized carbons (Fsp3) is 0.235. The van der Waals surface area contributed by atoms with E-state index < -0.39 is 0 Å². The highest BCUT2D eigenvalue weighted by Crippen LogP contribution is 2.20. The normalized spacial score (nSPS) is 10.2. The highest BCUT2D eigenvalue weighted by atomic mass is 79.9. The number of hydrogen-bond donors (Lipinski definition) is 2. The zero-order valence-electron chi connectivity index (χ0n) is 12.2. The highest BCUT2D eigenvalue weighted by Gasteiger charge is 2.03. The highest BCUT2D eigenvalue weighted by molar-refractivity contribution is 9.10. The quantitative estimate of drug-likeness (QED) is 0.843. The van der Waals surface area contributed by atoms with Crippen LogP contribution in [-0.4, -0.2) is 12.5 Å². The summed E-state index contributed by atoms with van der Waals surface area (Å²) in [7, 11) is 0. The van der Waals surface area contributed by atoms with Gasteiger partial charge in [-0.15, -0.1) is 0 Å². The first-order chi connectivity index (χ1) is 10.1. The summed E-state index contributed by atoms with van der Waals surface area (Å²) in [5.74, 6) is -0.0593. The Labute approximate surface area is 133 Å². The predicted molar refractivity (Wildman–Crippen MR) is 91.8 cm³/mol. The molecule has 0 heterocycles. The smallest absolute Gasteiger partial charge is 0.243 e. The summed E-state index contributed by atoms with van der Waals surface area (Å²) >= 11 is 3.48. The van der Waals surface area contributed by atoms with Gasteiger partial charge in [-0.25, -0.2) is 0 Å². The Balaban J connectivity index is 1.87. The Bertz CT molecular complexity index is 623. The molecule has 4 heteroatoms. The van der Waals surface area contributed by atoms with Gasteiger partial charge in [0.25, 0.3) is 0 Å². The molecule has 21 heavy (non-hydrogen) atoms. The summed E-state index contributed by atoms with van der Waals surface area (Å²) in [6, 6.07) is 13.9. The lowest BCUT2D eigenvalue weighted by Crippen LogP contribution is -2.21. The molecule has 0 atom stereocenters. The molecule has 0 saturated carbocycles. The molecular weight excluding hydrogens is 328 g/mol. The summed E-state index contributed by atoms with van der Waals surface area (Å²) in [4.78, 5) is 11.9. The molecule has 2 aromatic rings. The minimum atomic E-state index is -0.0593. The number of carbonyl (C=O) groups is 1. The SMILES string of the molecule is CCc1ccc(NC(=O)CNc2ccc(C)c(Br)c2)cc1. The lowest BCUT2D eigenvalue weighted by molar-refractivity contribution is -0.114. The van der Waals surface area contributed by atoms with Crippen LogP contribution >= 0.6 is 15.9 Å². The van der Waals surface area contributed by atoms with Gasteiger partial charge in [0.2, 0.25) is 5.91 Å². The number of anilines is 2. The van der Waals surface area contributed by atoms with Crippen molar-refractivity contribution in [3.8, 4) is 0 Å². The van der Waals surface area contributed by atoms with Gasteiger partial charge in [-0.3, -0.25) is 4.79 Å². The first-order valence-electron chi connectivity index (χ1n) is 6.97. The minimum Gasteiger partial charge on any atom is -0.376 e. The van der Waals surface area contributed by atoms with E-state index in [1.165, 1.54) is 11.1 Å². The van der Waals surface area contributed by atoms with E-state index >= 15 is 0 Å². The molecule has 0 unspecified atom stereocenters. The molecule has 0 saturated heterocycles. The van der Waals surface area contributed by atoms with Crippen molar-refractivity contribution in [2.24, 2.45) is 0 Å². The van der Waals surface area contributed by atoms with Crippen molar-refractivity contribution in [1.29, 1.82) is 0 Å². The van der Waals surface area contributed by atoms with E-state index in [-0.39, 0.29) is 12.5 Å². The summed E-state index contributed by atoms with van der Waals surface area (Å²) < 4.78 is 1.03. The van der Waals surface area contributed by atoms with Crippen molar-refractivity contribution < 1.29 is 4.79 Å². The van der Waals surface area contributed by atoms with Crippen LogP contribution in [0.2, 0.25) is 0 Å². The van der Waals surface area contributed by atoms with Gasteiger partial charge in [-0.1, -0.05) is 41.1 Å². The van der Waals surface area contributed by atoms with Gasteiger partial charge in [0, 0.05) is 15.8 Å². The molecule has 0 aliphatic heterocycles. The second-order valence-electron chi connectivity index (χ2n) is 4.92. The molecule has 0 aromatic heterocycles. The zero-order chi connectivity index (χ0) is 15.2. The Morgan fingerprint density at radius 3 is 2.38 bits per heavy atom. The van der Waals surface area contributed by atoms with E-state index in [2.05, 4.69) is 33.5 Å². The maximum Gasteiger partial charge on any atom is 0.243 e. The molecular formula is C17H19BrN2O. The summed E-state index contributed by atoms with van der Waals surface area (Å²) in [6.07, 6.45) is 0.998. The number of benzene rings is 2. The van der Waals surface area contributed by atoms with E-state index in [1.54, 1.807) is 0 Å². The largest absolute Gasteiger partial charge is 0.376 e. The van der Waals surface area contributed by atoms with Crippen LogP contribution in [-0.2, 0) is 11.2 Å². The fourth-order valence-electron chi connectivity index (χ4n) is 1.91. The molecule has 0 fully saturated rings. The van der Waals surface area contributed by atoms with Crippen molar-refractivity contribution in [2.75, 3.05) is 17.2 Å². The van der Waals surface area contributed by atoms with E-state index in [9.17, 15) is 4.79 Å². The van der Waals surface area contributed by atoms with Crippen LogP contribution in [0.1, 0.15) is 18.1 Å². The predicted octanol–water partition coefficient (Wildman–Crippen LogP) is 4.37. The standard InChI is InChI=1S/C17H19BrN2O/c1-3-13-5-8-14(9-6-13)20-17(21)11-19-15-7-4-12(2)16(18)10-15/h4-10,19H,3,11H2,1-2H3,(H,20,21). The van der Waals surface area contributed by atoms with Gasteiger partial charge in [0.15, 0.2) is 0 Å². The van der Waals surface area contributed by atoms with Gasteiger partial charge in [-0.05, 0) is 48.7 Å². The van der Waals surface area contributed by atoms with Crippen molar-refractivity contribution in [1.82, 2.24) is 0 Å². The molecule has 2 aromatic carbocycles. The number of rotatable bonds is 5. The topological polar surface area (TPSA) is 41.1 Å². The van der Waals surface area contributed by atoms with E-state index in [1.807, 2.05) is 49.4 Å². The minimum absolute atomic E-state index is 0.0593. The molecule has 0 aliphatic rings. The monoisotopic (exact) mass is 346 g/mol. The van der Waals surface area contributed by atoms with Gasteiger partial charge >= 0.3 is 0 Å². The number of aryl methyl sites for hydroxylation is 2. The molecule has 110 valence electrons. The summed E-state index contributed by atoms with van der Waals surface area (Å²) in [5.41, 5.74) is 4.17. The van der Waals surface area contributed by atoms with Crippen molar-refractivity contribution in [3.05, 3.63) is 58.1 Å². The van der Waals surface area contributed by atoms with Crippen LogP contribution in [0.5, 0.6) is 0 Å². The van der Waals surface area contributed by atoms with Gasteiger partial charge in [0.1, 0.15) is 0 Å². The van der Waals surface area contributed by atoms with Crippen molar-refractivity contribution >= 4 is 33.2 Å². The maximum absolute atomic E-state index is 11.9. The molecule has 0 aliphatic carbocycles. The van der Waals surface area contributed by atoms with Crippen molar-refractivity contribution in [2.45, 2.75) is 20.3 Å². The average Bonchev–Trinajstić information content (AvgIpc) is 2.49. The second-order valence-corrected chi connectivity index (χ2v) is 5.77. The number of carbonyl (C=O) groups excluding carboxylic acids is 1. The molecule has 0 radical (unpaired) electrons. The Hall–Kier alpha value is -1.81. The molecule has 2 rings (SSSR count). The second kappa shape index (κ2) is 7.27. The summed E-state index contributed by atoms with van der Waals surface area (Å²) in [6.45, 7) is 4.38. The van der Waals surface area contributed by atoms with Crippen LogP contribution < -0.4 is 10.6 Å². The van der Waals surface area contributed by atoms with Crippen LogP contribution in [0, 0.1) is 6.92 Å². The number of halogens is 1. The van der Waals surface area contributed by atoms with Crippen molar-refractivity contribution in [3.63, 3.8) is 0 Å². The van der Waals surface area contributed by atoms with E-state index in [0.29, 0.717) is 0 Å². The Morgan fingerprint density at radius 2 is 1.76 bits per heavy atom.